The minimum absolute atomic E-state index is 0.0259. The van der Waals surface area contributed by atoms with Crippen molar-refractivity contribution in [3.8, 4) is 17.2 Å². The summed E-state index contributed by atoms with van der Waals surface area (Å²) in [6, 6.07) is 10.9. The summed E-state index contributed by atoms with van der Waals surface area (Å²) >= 11 is 0. The summed E-state index contributed by atoms with van der Waals surface area (Å²) in [6.07, 6.45) is 8.04. The van der Waals surface area contributed by atoms with Gasteiger partial charge in [0.25, 0.3) is 10.1 Å². The highest BCUT2D eigenvalue weighted by atomic mass is 32.2. The summed E-state index contributed by atoms with van der Waals surface area (Å²) in [5, 5.41) is 10.0. The monoisotopic (exact) mass is 378 g/mol. The summed E-state index contributed by atoms with van der Waals surface area (Å²) in [6.45, 7) is 2.19. The third-order valence-electron chi connectivity index (χ3n) is 4.19. The van der Waals surface area contributed by atoms with E-state index in [1.54, 1.807) is 12.1 Å². The largest absolute Gasteiger partial charge is 0.504 e. The van der Waals surface area contributed by atoms with E-state index in [9.17, 15) is 18.1 Å². The van der Waals surface area contributed by atoms with Crippen LogP contribution in [-0.4, -0.2) is 18.1 Å². The summed E-state index contributed by atoms with van der Waals surface area (Å²) in [5.41, 5.74) is 1.01. The number of rotatable bonds is 10. The lowest BCUT2D eigenvalue weighted by Crippen LogP contribution is -2.01. The van der Waals surface area contributed by atoms with Crippen LogP contribution in [0.1, 0.15) is 51.0 Å². The molecular weight excluding hydrogens is 352 g/mol. The van der Waals surface area contributed by atoms with Gasteiger partial charge < -0.3 is 9.84 Å². The molecule has 0 bridgehead atoms. The van der Waals surface area contributed by atoms with E-state index >= 15 is 0 Å². The lowest BCUT2D eigenvalue weighted by Gasteiger charge is -2.12. The number of phenolic OH excluding ortho intramolecular Hbond substituents is 1. The summed E-state index contributed by atoms with van der Waals surface area (Å²) in [7, 11) is -4.41. The van der Waals surface area contributed by atoms with E-state index in [2.05, 4.69) is 6.92 Å². The van der Waals surface area contributed by atoms with E-state index in [-0.39, 0.29) is 22.1 Å². The number of unbranched alkanes of at least 4 members (excludes halogenated alkanes) is 5. The standard InChI is InChI=1S/C20H26O5S/c1-2-3-4-5-6-7-10-16-13-14-17(21)19(15-16)25-18-11-8-9-12-20(18)26(22,23)24/h8-9,11-15,21H,2-7,10H2,1H3,(H,22,23,24). The molecule has 0 aliphatic heterocycles. The maximum absolute atomic E-state index is 11.5. The Labute approximate surface area is 155 Å². The van der Waals surface area contributed by atoms with Gasteiger partial charge in [-0.1, -0.05) is 57.2 Å². The predicted octanol–water partition coefficient (Wildman–Crippen LogP) is 5.33. The first-order valence-electron chi connectivity index (χ1n) is 8.98. The lowest BCUT2D eigenvalue weighted by atomic mass is 10.0. The fourth-order valence-corrected chi connectivity index (χ4v) is 3.39. The molecule has 0 aromatic heterocycles. The average Bonchev–Trinajstić information content (AvgIpc) is 2.60. The fraction of sp³-hybridized carbons (Fsp3) is 0.400. The second kappa shape index (κ2) is 9.59. The van der Waals surface area contributed by atoms with E-state index in [1.165, 1.54) is 49.9 Å². The molecule has 26 heavy (non-hydrogen) atoms. The third kappa shape index (κ3) is 6.04. The molecule has 5 nitrogen and oxygen atoms in total. The first-order chi connectivity index (χ1) is 12.4. The molecule has 0 radical (unpaired) electrons. The maximum atomic E-state index is 11.5. The van der Waals surface area contributed by atoms with Crippen LogP contribution in [0.5, 0.6) is 17.2 Å². The van der Waals surface area contributed by atoms with Crippen molar-refractivity contribution in [3.63, 3.8) is 0 Å². The second-order valence-corrected chi connectivity index (χ2v) is 7.73. The zero-order valence-corrected chi connectivity index (χ0v) is 15.8. The van der Waals surface area contributed by atoms with Crippen molar-refractivity contribution in [2.45, 2.75) is 56.8 Å². The van der Waals surface area contributed by atoms with Crippen LogP contribution in [-0.2, 0) is 16.5 Å². The Hall–Kier alpha value is -2.05. The number of para-hydroxylation sites is 1. The first-order valence-corrected chi connectivity index (χ1v) is 10.4. The van der Waals surface area contributed by atoms with Crippen LogP contribution in [0, 0.1) is 0 Å². The van der Waals surface area contributed by atoms with Crippen molar-refractivity contribution >= 4 is 10.1 Å². The van der Waals surface area contributed by atoms with Gasteiger partial charge in [-0.2, -0.15) is 8.42 Å². The predicted molar refractivity (Wildman–Crippen MR) is 102 cm³/mol. The molecule has 142 valence electrons. The first kappa shape index (κ1) is 20.3. The number of hydrogen-bond acceptors (Lipinski definition) is 4. The Morgan fingerprint density at radius 2 is 1.62 bits per heavy atom. The summed E-state index contributed by atoms with van der Waals surface area (Å²) in [4.78, 5) is -0.333. The summed E-state index contributed by atoms with van der Waals surface area (Å²) < 4.78 is 37.8. The molecule has 0 saturated carbocycles. The lowest BCUT2D eigenvalue weighted by molar-refractivity contribution is 0.401. The molecule has 0 aliphatic rings. The van der Waals surface area contributed by atoms with E-state index in [0.717, 1.165) is 24.8 Å². The van der Waals surface area contributed by atoms with E-state index in [1.807, 2.05) is 6.07 Å². The van der Waals surface area contributed by atoms with E-state index in [0.29, 0.717) is 0 Å². The van der Waals surface area contributed by atoms with Gasteiger partial charge in [-0.25, -0.2) is 0 Å². The normalized spacial score (nSPS) is 11.5. The van der Waals surface area contributed by atoms with Gasteiger partial charge in [0.15, 0.2) is 11.5 Å². The van der Waals surface area contributed by atoms with Crippen molar-refractivity contribution in [3.05, 3.63) is 48.0 Å². The quantitative estimate of drug-likeness (QED) is 0.431. The highest BCUT2D eigenvalue weighted by Crippen LogP contribution is 2.35. The molecule has 0 saturated heterocycles. The Bertz CT molecular complexity index is 815. The second-order valence-electron chi connectivity index (χ2n) is 6.34. The molecule has 2 aromatic carbocycles. The molecule has 0 atom stereocenters. The minimum Gasteiger partial charge on any atom is -0.504 e. The minimum atomic E-state index is -4.41. The number of hydrogen-bond donors (Lipinski definition) is 2. The van der Waals surface area contributed by atoms with Crippen LogP contribution in [0.25, 0.3) is 0 Å². The van der Waals surface area contributed by atoms with Crippen LogP contribution < -0.4 is 4.74 Å². The molecule has 0 unspecified atom stereocenters. The van der Waals surface area contributed by atoms with Gasteiger partial charge in [-0.3, -0.25) is 4.55 Å². The van der Waals surface area contributed by atoms with Gasteiger partial charge in [0.2, 0.25) is 0 Å². The molecule has 0 aliphatic carbocycles. The molecular formula is C20H26O5S. The number of phenols is 1. The number of aromatic hydroxyl groups is 1. The van der Waals surface area contributed by atoms with Crippen molar-refractivity contribution in [1.29, 1.82) is 0 Å². The van der Waals surface area contributed by atoms with Gasteiger partial charge in [-0.05, 0) is 42.7 Å². The summed E-state index contributed by atoms with van der Waals surface area (Å²) in [5.74, 6) is 0.0634. The van der Waals surface area contributed by atoms with Crippen molar-refractivity contribution in [1.82, 2.24) is 0 Å². The molecule has 0 spiro atoms. The molecule has 2 aromatic rings. The van der Waals surface area contributed by atoms with Crippen molar-refractivity contribution in [2.24, 2.45) is 0 Å². The maximum Gasteiger partial charge on any atom is 0.298 e. The topological polar surface area (TPSA) is 83.8 Å². The Balaban J connectivity index is 2.07. The average molecular weight is 378 g/mol. The Morgan fingerprint density at radius 1 is 0.923 bits per heavy atom. The van der Waals surface area contributed by atoms with E-state index in [4.69, 9.17) is 4.74 Å². The van der Waals surface area contributed by atoms with Crippen LogP contribution >= 0.6 is 0 Å². The fourth-order valence-electron chi connectivity index (χ4n) is 2.77. The van der Waals surface area contributed by atoms with E-state index < -0.39 is 10.1 Å². The molecule has 0 amide bonds. The van der Waals surface area contributed by atoms with Gasteiger partial charge >= 0.3 is 0 Å². The third-order valence-corrected chi connectivity index (χ3v) is 5.08. The van der Waals surface area contributed by atoms with Crippen LogP contribution in [0.2, 0.25) is 0 Å². The zero-order chi connectivity index (χ0) is 19.0. The van der Waals surface area contributed by atoms with Crippen LogP contribution in [0.4, 0.5) is 0 Å². The number of benzene rings is 2. The number of ether oxygens (including phenoxy) is 1. The van der Waals surface area contributed by atoms with Crippen LogP contribution in [0.3, 0.4) is 0 Å². The molecule has 2 rings (SSSR count). The highest BCUT2D eigenvalue weighted by Gasteiger charge is 2.17. The molecule has 0 fully saturated rings. The van der Waals surface area contributed by atoms with Crippen molar-refractivity contribution < 1.29 is 22.8 Å². The van der Waals surface area contributed by atoms with Gasteiger partial charge in [0, 0.05) is 0 Å². The Morgan fingerprint density at radius 3 is 2.35 bits per heavy atom. The molecule has 0 heterocycles. The molecule has 2 N–H and O–H groups in total. The van der Waals surface area contributed by atoms with Gasteiger partial charge in [0.1, 0.15) is 10.6 Å². The molecule has 6 heteroatoms. The van der Waals surface area contributed by atoms with Gasteiger partial charge in [-0.15, -0.1) is 0 Å². The zero-order valence-electron chi connectivity index (χ0n) is 15.0. The SMILES string of the molecule is CCCCCCCCc1ccc(O)c(Oc2ccccc2S(=O)(=O)O)c1. The highest BCUT2D eigenvalue weighted by molar-refractivity contribution is 7.86. The Kier molecular flexibility index (Phi) is 7.48. The van der Waals surface area contributed by atoms with Gasteiger partial charge in [0.05, 0.1) is 0 Å². The van der Waals surface area contributed by atoms with Crippen LogP contribution in [0.15, 0.2) is 47.4 Å². The number of aryl methyl sites for hydroxylation is 1. The smallest absolute Gasteiger partial charge is 0.298 e. The van der Waals surface area contributed by atoms with Crippen molar-refractivity contribution in [2.75, 3.05) is 0 Å².